The number of carbonyl (C=O) groups is 3. The molecule has 0 aliphatic heterocycles. The van der Waals surface area contributed by atoms with Crippen molar-refractivity contribution in [1.82, 2.24) is 10.6 Å². The highest BCUT2D eigenvalue weighted by molar-refractivity contribution is 7.98. The molecule has 2 amide bonds. The molecule has 0 heterocycles. The summed E-state index contributed by atoms with van der Waals surface area (Å²) in [5.74, 6) is -1.62. The van der Waals surface area contributed by atoms with Crippen LogP contribution in [0.5, 0.6) is 0 Å². The molecule has 7 nitrogen and oxygen atoms in total. The molecular formula is C15H29N3O4S. The first-order valence-electron chi connectivity index (χ1n) is 7.69. The summed E-state index contributed by atoms with van der Waals surface area (Å²) in [4.78, 5) is 35.6. The van der Waals surface area contributed by atoms with Crippen LogP contribution in [0.1, 0.15) is 34.1 Å². The van der Waals surface area contributed by atoms with Gasteiger partial charge in [0, 0.05) is 0 Å². The quantitative estimate of drug-likeness (QED) is 0.455. The van der Waals surface area contributed by atoms with Crippen LogP contribution < -0.4 is 16.4 Å². The predicted molar refractivity (Wildman–Crippen MR) is 92.1 cm³/mol. The molecule has 134 valence electrons. The first-order valence-corrected chi connectivity index (χ1v) is 9.09. The number of amides is 2. The van der Waals surface area contributed by atoms with Crippen molar-refractivity contribution in [2.24, 2.45) is 17.6 Å². The predicted octanol–water partition coefficient (Wildman–Crippen LogP) is 0.433. The van der Waals surface area contributed by atoms with Crippen LogP contribution in [0.3, 0.4) is 0 Å². The van der Waals surface area contributed by atoms with Gasteiger partial charge < -0.3 is 21.5 Å². The van der Waals surface area contributed by atoms with Crippen molar-refractivity contribution in [2.45, 2.75) is 52.2 Å². The summed E-state index contributed by atoms with van der Waals surface area (Å²) in [7, 11) is 0. The highest BCUT2D eigenvalue weighted by Gasteiger charge is 2.30. The Morgan fingerprint density at radius 1 is 1.04 bits per heavy atom. The minimum absolute atomic E-state index is 0.0563. The molecule has 0 unspecified atom stereocenters. The van der Waals surface area contributed by atoms with Crippen molar-refractivity contribution >= 4 is 29.5 Å². The van der Waals surface area contributed by atoms with Crippen LogP contribution in [0.25, 0.3) is 0 Å². The maximum atomic E-state index is 12.4. The lowest BCUT2D eigenvalue weighted by molar-refractivity contribution is -0.142. The first-order chi connectivity index (χ1) is 10.6. The summed E-state index contributed by atoms with van der Waals surface area (Å²) in [5.41, 5.74) is 5.78. The van der Waals surface area contributed by atoms with E-state index in [1.807, 2.05) is 20.1 Å². The summed E-state index contributed by atoms with van der Waals surface area (Å²) >= 11 is 1.51. The lowest BCUT2D eigenvalue weighted by Gasteiger charge is -2.26. The molecule has 0 aliphatic rings. The van der Waals surface area contributed by atoms with Crippen molar-refractivity contribution in [3.63, 3.8) is 0 Å². The molecule has 23 heavy (non-hydrogen) atoms. The molecule has 0 radical (unpaired) electrons. The zero-order valence-electron chi connectivity index (χ0n) is 14.5. The van der Waals surface area contributed by atoms with Gasteiger partial charge in [0.25, 0.3) is 0 Å². The fourth-order valence-corrected chi connectivity index (χ4v) is 2.31. The third-order valence-corrected chi connectivity index (χ3v) is 4.14. The maximum absolute atomic E-state index is 12.4. The number of rotatable bonds is 10. The highest BCUT2D eigenvalue weighted by atomic mass is 32.2. The van der Waals surface area contributed by atoms with Gasteiger partial charge in [0.05, 0.1) is 6.04 Å². The normalized spacial score (nSPS) is 15.1. The highest BCUT2D eigenvalue weighted by Crippen LogP contribution is 2.07. The van der Waals surface area contributed by atoms with Crippen molar-refractivity contribution in [2.75, 3.05) is 12.0 Å². The smallest absolute Gasteiger partial charge is 0.326 e. The second-order valence-corrected chi connectivity index (χ2v) is 7.17. The van der Waals surface area contributed by atoms with Crippen molar-refractivity contribution in [3.05, 3.63) is 0 Å². The second kappa shape index (κ2) is 10.5. The van der Waals surface area contributed by atoms with Crippen LogP contribution in [0.4, 0.5) is 0 Å². The van der Waals surface area contributed by atoms with E-state index in [0.29, 0.717) is 12.2 Å². The molecule has 0 aliphatic carbocycles. The Morgan fingerprint density at radius 2 is 1.61 bits per heavy atom. The number of nitrogens with two attached hydrogens (primary N) is 1. The van der Waals surface area contributed by atoms with Gasteiger partial charge in [0.2, 0.25) is 11.8 Å². The van der Waals surface area contributed by atoms with Crippen LogP contribution in [0, 0.1) is 11.8 Å². The van der Waals surface area contributed by atoms with E-state index in [1.165, 1.54) is 11.8 Å². The topological polar surface area (TPSA) is 122 Å². The summed E-state index contributed by atoms with van der Waals surface area (Å²) in [6.45, 7) is 7.20. The zero-order chi connectivity index (χ0) is 18.2. The number of aliphatic carboxylic acids is 1. The van der Waals surface area contributed by atoms with Crippen molar-refractivity contribution in [1.29, 1.82) is 0 Å². The Hall–Kier alpha value is -1.28. The lowest BCUT2D eigenvalue weighted by atomic mass is 10.00. The number of hydrogen-bond donors (Lipinski definition) is 4. The summed E-state index contributed by atoms with van der Waals surface area (Å²) in [5, 5.41) is 14.3. The van der Waals surface area contributed by atoms with Crippen molar-refractivity contribution in [3.8, 4) is 0 Å². The molecule has 0 bridgehead atoms. The number of carbonyl (C=O) groups excluding carboxylic acids is 2. The Bertz CT molecular complexity index is 416. The number of carboxylic acids is 1. The molecule has 0 rings (SSSR count). The molecule has 0 saturated heterocycles. The van der Waals surface area contributed by atoms with Gasteiger partial charge in [0.1, 0.15) is 12.1 Å². The van der Waals surface area contributed by atoms with Crippen molar-refractivity contribution < 1.29 is 19.5 Å². The van der Waals surface area contributed by atoms with E-state index in [1.54, 1.807) is 13.8 Å². The van der Waals surface area contributed by atoms with E-state index >= 15 is 0 Å². The van der Waals surface area contributed by atoms with Crippen LogP contribution in [-0.4, -0.2) is 53.0 Å². The Morgan fingerprint density at radius 3 is 2.00 bits per heavy atom. The number of hydrogen-bond acceptors (Lipinski definition) is 5. The number of carboxylic acid groups (broad SMARTS) is 1. The zero-order valence-corrected chi connectivity index (χ0v) is 15.3. The van der Waals surface area contributed by atoms with Gasteiger partial charge in [-0.05, 0) is 30.3 Å². The van der Waals surface area contributed by atoms with E-state index < -0.39 is 35.9 Å². The molecule has 8 heteroatoms. The first kappa shape index (κ1) is 21.7. The van der Waals surface area contributed by atoms with Gasteiger partial charge >= 0.3 is 5.97 Å². The molecule has 0 spiro atoms. The Balaban J connectivity index is 4.91. The summed E-state index contributed by atoms with van der Waals surface area (Å²) in [6.07, 6.45) is 2.19. The second-order valence-electron chi connectivity index (χ2n) is 6.18. The van der Waals surface area contributed by atoms with Gasteiger partial charge in [-0.1, -0.05) is 27.7 Å². The fourth-order valence-electron chi connectivity index (χ4n) is 1.84. The Labute approximate surface area is 142 Å². The molecule has 0 aromatic rings. The number of nitrogens with one attached hydrogen (secondary N) is 2. The monoisotopic (exact) mass is 347 g/mol. The van der Waals surface area contributed by atoms with E-state index in [0.717, 1.165) is 0 Å². The van der Waals surface area contributed by atoms with E-state index in [4.69, 9.17) is 5.73 Å². The molecule has 0 aromatic heterocycles. The van der Waals surface area contributed by atoms with Gasteiger partial charge in [-0.3, -0.25) is 9.59 Å². The lowest BCUT2D eigenvalue weighted by Crippen LogP contribution is -2.57. The number of thioether (sulfide) groups is 1. The van der Waals surface area contributed by atoms with Gasteiger partial charge in [0.15, 0.2) is 0 Å². The average Bonchev–Trinajstić information content (AvgIpc) is 2.46. The third-order valence-electron chi connectivity index (χ3n) is 3.49. The van der Waals surface area contributed by atoms with E-state index in [-0.39, 0.29) is 11.8 Å². The molecule has 0 aromatic carbocycles. The van der Waals surface area contributed by atoms with Gasteiger partial charge in [-0.15, -0.1) is 0 Å². The molecule has 0 fully saturated rings. The van der Waals surface area contributed by atoms with E-state index in [9.17, 15) is 19.5 Å². The van der Waals surface area contributed by atoms with Crippen LogP contribution in [-0.2, 0) is 14.4 Å². The average molecular weight is 347 g/mol. The van der Waals surface area contributed by atoms with Crippen LogP contribution in [0.15, 0.2) is 0 Å². The van der Waals surface area contributed by atoms with Crippen LogP contribution >= 0.6 is 11.8 Å². The minimum Gasteiger partial charge on any atom is -0.480 e. The maximum Gasteiger partial charge on any atom is 0.326 e. The third kappa shape index (κ3) is 7.69. The standard InChI is InChI=1S/C15H29N3O4S/c1-8(2)11(16)13(19)18-12(9(3)4)14(20)17-10(15(21)22)6-7-23-5/h8-12H,6-7,16H2,1-5H3,(H,17,20)(H,18,19)(H,21,22)/t10-,11-,12-/m0/s1. The molecular weight excluding hydrogens is 318 g/mol. The molecule has 5 N–H and O–H groups in total. The molecule has 3 atom stereocenters. The van der Waals surface area contributed by atoms with Gasteiger partial charge in [-0.25, -0.2) is 4.79 Å². The van der Waals surface area contributed by atoms with Gasteiger partial charge in [-0.2, -0.15) is 11.8 Å². The summed E-state index contributed by atoms with van der Waals surface area (Å²) in [6, 6.07) is -2.49. The SMILES string of the molecule is CSCC[C@H](NC(=O)[C@@H](NC(=O)[C@@H](N)C(C)C)C(C)C)C(=O)O. The molecule has 0 saturated carbocycles. The van der Waals surface area contributed by atoms with E-state index in [2.05, 4.69) is 10.6 Å². The van der Waals surface area contributed by atoms with Crippen LogP contribution in [0.2, 0.25) is 0 Å². The largest absolute Gasteiger partial charge is 0.480 e. The Kier molecular flexibility index (Phi) is 9.90. The fraction of sp³-hybridized carbons (Fsp3) is 0.800. The summed E-state index contributed by atoms with van der Waals surface area (Å²) < 4.78 is 0. The minimum atomic E-state index is -1.08.